The maximum atomic E-state index is 14.6. The van der Waals surface area contributed by atoms with Crippen LogP contribution >= 0.6 is 0 Å². The van der Waals surface area contributed by atoms with E-state index in [4.69, 9.17) is 4.74 Å². The molecule has 0 aliphatic carbocycles. The van der Waals surface area contributed by atoms with Gasteiger partial charge < -0.3 is 4.74 Å². The van der Waals surface area contributed by atoms with Gasteiger partial charge in [0, 0.05) is 18.0 Å². The van der Waals surface area contributed by atoms with Crippen molar-refractivity contribution >= 4 is 5.97 Å². The predicted octanol–water partition coefficient (Wildman–Crippen LogP) is 8.53. The maximum Gasteiger partial charge on any atom is 0.343 e. The fraction of sp³-hybridized carbons (Fsp3) is 0.452. The highest BCUT2D eigenvalue weighted by Crippen LogP contribution is 2.22. The fourth-order valence-electron chi connectivity index (χ4n) is 4.20. The minimum Gasteiger partial charge on any atom is -0.420 e. The lowest BCUT2D eigenvalue weighted by Crippen LogP contribution is -2.09. The summed E-state index contributed by atoms with van der Waals surface area (Å²) in [5.74, 6) is -0.536. The van der Waals surface area contributed by atoms with Crippen molar-refractivity contribution in [3.8, 4) is 17.1 Å². The molecule has 0 unspecified atom stereocenters. The topological polar surface area (TPSA) is 52.1 Å². The Hall–Kier alpha value is -3.08. The molecule has 3 aromatic rings. The van der Waals surface area contributed by atoms with Crippen molar-refractivity contribution in [1.82, 2.24) is 9.97 Å². The summed E-state index contributed by atoms with van der Waals surface area (Å²) in [6.07, 6.45) is 17.6. The minimum absolute atomic E-state index is 0.0469. The van der Waals surface area contributed by atoms with Crippen molar-refractivity contribution in [3.05, 3.63) is 77.4 Å². The van der Waals surface area contributed by atoms with Gasteiger partial charge in [-0.25, -0.2) is 19.2 Å². The lowest BCUT2D eigenvalue weighted by Gasteiger charge is -2.08. The van der Waals surface area contributed by atoms with Gasteiger partial charge in [0.25, 0.3) is 0 Å². The molecule has 2 aromatic carbocycles. The number of hydrogen-bond acceptors (Lipinski definition) is 4. The van der Waals surface area contributed by atoms with Crippen LogP contribution in [0.5, 0.6) is 5.75 Å². The van der Waals surface area contributed by atoms with Crippen LogP contribution in [0.4, 0.5) is 4.39 Å². The molecule has 3 rings (SSSR count). The second kappa shape index (κ2) is 15.1. The van der Waals surface area contributed by atoms with E-state index in [1.165, 1.54) is 51.0 Å². The first kappa shape index (κ1) is 27.5. The molecular weight excluding hydrogens is 451 g/mol. The number of aromatic nitrogens is 2. The SMILES string of the molecule is CCCCCCCCCc1ccc(OC(=O)c2ccc(-c3ncc(CCCCC)cn3)cc2)c(F)c1. The van der Waals surface area contributed by atoms with Crippen LogP contribution in [0, 0.1) is 5.82 Å². The molecule has 0 spiro atoms. The Labute approximate surface area is 215 Å². The molecule has 0 aliphatic rings. The number of nitrogens with zero attached hydrogens (tertiary/aromatic N) is 2. The number of rotatable bonds is 15. The lowest BCUT2D eigenvalue weighted by atomic mass is 10.0. The predicted molar refractivity (Wildman–Crippen MR) is 144 cm³/mol. The summed E-state index contributed by atoms with van der Waals surface area (Å²) in [4.78, 5) is 21.5. The van der Waals surface area contributed by atoms with E-state index in [1.54, 1.807) is 30.3 Å². The van der Waals surface area contributed by atoms with Gasteiger partial charge in [-0.3, -0.25) is 0 Å². The zero-order valence-electron chi connectivity index (χ0n) is 21.8. The first-order chi connectivity index (χ1) is 17.6. The molecule has 0 aliphatic heterocycles. The van der Waals surface area contributed by atoms with E-state index in [0.717, 1.165) is 48.8 Å². The van der Waals surface area contributed by atoms with E-state index in [1.807, 2.05) is 18.5 Å². The van der Waals surface area contributed by atoms with Gasteiger partial charge in [0.1, 0.15) is 0 Å². The number of esters is 1. The van der Waals surface area contributed by atoms with E-state index >= 15 is 0 Å². The second-order valence-corrected chi connectivity index (χ2v) is 9.47. The van der Waals surface area contributed by atoms with E-state index in [2.05, 4.69) is 23.8 Å². The third-order valence-corrected chi connectivity index (χ3v) is 6.42. The van der Waals surface area contributed by atoms with Gasteiger partial charge in [0.15, 0.2) is 17.4 Å². The minimum atomic E-state index is -0.590. The third-order valence-electron chi connectivity index (χ3n) is 6.42. The smallest absolute Gasteiger partial charge is 0.343 e. The van der Waals surface area contributed by atoms with Crippen molar-refractivity contribution in [1.29, 1.82) is 0 Å². The molecule has 36 heavy (non-hydrogen) atoms. The van der Waals surface area contributed by atoms with Gasteiger partial charge in [-0.15, -0.1) is 0 Å². The highest BCUT2D eigenvalue weighted by molar-refractivity contribution is 5.91. The molecule has 0 radical (unpaired) electrons. The number of carbonyl (C=O) groups excluding carboxylic acids is 1. The van der Waals surface area contributed by atoms with Gasteiger partial charge in [-0.05, 0) is 61.1 Å². The number of unbranched alkanes of at least 4 members (excludes halogenated alkanes) is 8. The molecule has 0 fully saturated rings. The molecule has 1 heterocycles. The number of aryl methyl sites for hydroxylation is 2. The second-order valence-electron chi connectivity index (χ2n) is 9.47. The normalized spacial score (nSPS) is 11.0. The number of halogens is 1. The van der Waals surface area contributed by atoms with Crippen molar-refractivity contribution in [2.75, 3.05) is 0 Å². The lowest BCUT2D eigenvalue weighted by molar-refractivity contribution is 0.0728. The monoisotopic (exact) mass is 490 g/mol. The molecular formula is C31H39FN2O2. The molecule has 0 amide bonds. The van der Waals surface area contributed by atoms with Crippen LogP contribution in [0.2, 0.25) is 0 Å². The number of carbonyl (C=O) groups is 1. The number of benzene rings is 2. The summed E-state index contributed by atoms with van der Waals surface area (Å²) in [6.45, 7) is 4.40. The Morgan fingerprint density at radius 1 is 0.750 bits per heavy atom. The van der Waals surface area contributed by atoms with Crippen LogP contribution in [-0.4, -0.2) is 15.9 Å². The Morgan fingerprint density at radius 2 is 1.33 bits per heavy atom. The van der Waals surface area contributed by atoms with Gasteiger partial charge in [-0.1, -0.05) is 83.4 Å². The average Bonchev–Trinajstić information content (AvgIpc) is 2.90. The summed E-state index contributed by atoms with van der Waals surface area (Å²) >= 11 is 0. The zero-order valence-corrected chi connectivity index (χ0v) is 21.8. The van der Waals surface area contributed by atoms with Gasteiger partial charge in [0.2, 0.25) is 0 Å². The molecule has 0 saturated carbocycles. The van der Waals surface area contributed by atoms with Crippen molar-refractivity contribution in [2.24, 2.45) is 0 Å². The van der Waals surface area contributed by atoms with Crippen molar-refractivity contribution < 1.29 is 13.9 Å². The highest BCUT2D eigenvalue weighted by Gasteiger charge is 2.13. The quantitative estimate of drug-likeness (QED) is 0.122. The van der Waals surface area contributed by atoms with Gasteiger partial charge in [0.05, 0.1) is 5.56 Å². The molecule has 192 valence electrons. The molecule has 0 saturated heterocycles. The zero-order chi connectivity index (χ0) is 25.6. The van der Waals surface area contributed by atoms with E-state index in [-0.39, 0.29) is 5.75 Å². The van der Waals surface area contributed by atoms with Crippen LogP contribution in [0.3, 0.4) is 0 Å². The van der Waals surface area contributed by atoms with Crippen LogP contribution < -0.4 is 4.74 Å². The molecule has 1 aromatic heterocycles. The summed E-state index contributed by atoms with van der Waals surface area (Å²) in [5, 5.41) is 0. The fourth-order valence-corrected chi connectivity index (χ4v) is 4.20. The summed E-state index contributed by atoms with van der Waals surface area (Å²) in [5.41, 5.74) is 3.22. The maximum absolute atomic E-state index is 14.6. The number of ether oxygens (including phenoxy) is 1. The Kier molecular flexibility index (Phi) is 11.6. The Bertz CT molecular complexity index is 1060. The largest absolute Gasteiger partial charge is 0.420 e. The highest BCUT2D eigenvalue weighted by atomic mass is 19.1. The third kappa shape index (κ3) is 8.85. The summed E-state index contributed by atoms with van der Waals surface area (Å²) in [7, 11) is 0. The molecule has 0 N–H and O–H groups in total. The first-order valence-electron chi connectivity index (χ1n) is 13.5. The van der Waals surface area contributed by atoms with Crippen molar-refractivity contribution in [3.63, 3.8) is 0 Å². The van der Waals surface area contributed by atoms with E-state index in [0.29, 0.717) is 11.4 Å². The molecule has 0 bridgehead atoms. The first-order valence-corrected chi connectivity index (χ1v) is 13.5. The van der Waals surface area contributed by atoms with Crippen molar-refractivity contribution in [2.45, 2.75) is 90.9 Å². The van der Waals surface area contributed by atoms with Crippen LogP contribution in [0.25, 0.3) is 11.4 Å². The molecule has 4 nitrogen and oxygen atoms in total. The van der Waals surface area contributed by atoms with Gasteiger partial charge in [-0.2, -0.15) is 0 Å². The Balaban J connectivity index is 1.50. The van der Waals surface area contributed by atoms with Crippen LogP contribution in [0.15, 0.2) is 54.9 Å². The van der Waals surface area contributed by atoms with E-state index < -0.39 is 11.8 Å². The molecule has 0 atom stereocenters. The van der Waals surface area contributed by atoms with Crippen LogP contribution in [-0.2, 0) is 12.8 Å². The average molecular weight is 491 g/mol. The summed E-state index contributed by atoms with van der Waals surface area (Å²) < 4.78 is 19.9. The van der Waals surface area contributed by atoms with Gasteiger partial charge >= 0.3 is 5.97 Å². The standard InChI is InChI=1S/C31H39FN2O2/c1-3-5-7-8-9-10-12-13-24-15-20-29(28(32)21-24)36-31(35)27-18-16-26(17-19-27)30-33-22-25(23-34-30)14-11-6-4-2/h15-23H,3-14H2,1-2H3. The van der Waals surface area contributed by atoms with E-state index in [9.17, 15) is 9.18 Å². The number of hydrogen-bond donors (Lipinski definition) is 0. The summed E-state index contributed by atoms with van der Waals surface area (Å²) in [6, 6.07) is 11.7. The van der Waals surface area contributed by atoms with Crippen LogP contribution in [0.1, 0.15) is 99.5 Å². The Morgan fingerprint density at radius 3 is 2.00 bits per heavy atom. The molecule has 5 heteroatoms.